The fourth-order valence-electron chi connectivity index (χ4n) is 2.04. The lowest BCUT2D eigenvalue weighted by atomic mass is 9.87. The minimum Gasteiger partial charge on any atom is -0.342 e. The number of hydrazone groups is 1. The first kappa shape index (κ1) is 18.3. The molecule has 0 spiro atoms. The van der Waals surface area contributed by atoms with Crippen molar-refractivity contribution in [2.75, 3.05) is 0 Å². The highest BCUT2D eigenvalue weighted by atomic mass is 16.2. The summed E-state index contributed by atoms with van der Waals surface area (Å²) in [6, 6.07) is 13.2. The van der Waals surface area contributed by atoms with Crippen LogP contribution >= 0.6 is 0 Å². The highest BCUT2D eigenvalue weighted by Crippen LogP contribution is 2.21. The quantitative estimate of drug-likeness (QED) is 0.509. The molecule has 25 heavy (non-hydrogen) atoms. The fraction of sp³-hybridized carbons (Fsp3) is 0.263. The molecule has 0 unspecified atom stereocenters. The van der Waals surface area contributed by atoms with Gasteiger partial charge in [0.05, 0.1) is 18.5 Å². The Labute approximate surface area is 147 Å². The Bertz CT molecular complexity index is 747. The molecule has 130 valence electrons. The molecular weight excluding hydrogens is 316 g/mol. The van der Waals surface area contributed by atoms with Gasteiger partial charge in [-0.2, -0.15) is 5.10 Å². The van der Waals surface area contributed by atoms with Crippen LogP contribution in [0.25, 0.3) is 0 Å². The molecule has 0 bridgehead atoms. The van der Waals surface area contributed by atoms with Crippen molar-refractivity contribution in [1.82, 2.24) is 15.7 Å². The van der Waals surface area contributed by atoms with E-state index >= 15 is 0 Å². The van der Waals surface area contributed by atoms with Gasteiger partial charge in [0, 0.05) is 6.20 Å². The van der Waals surface area contributed by atoms with Crippen LogP contribution in [0.4, 0.5) is 0 Å². The third-order valence-electron chi connectivity index (χ3n) is 3.52. The number of hydrogen-bond donors (Lipinski definition) is 2. The first-order valence-corrected chi connectivity index (χ1v) is 7.98. The molecule has 6 nitrogen and oxygen atoms in total. The summed E-state index contributed by atoms with van der Waals surface area (Å²) in [6.07, 6.45) is 3.12. The van der Waals surface area contributed by atoms with E-state index in [1.165, 1.54) is 11.8 Å². The molecule has 2 N–H and O–H groups in total. The maximum absolute atomic E-state index is 11.7. The van der Waals surface area contributed by atoms with Crippen LogP contribution in [0.1, 0.15) is 37.6 Å². The molecule has 6 heteroatoms. The molecule has 2 rings (SSSR count). The van der Waals surface area contributed by atoms with Gasteiger partial charge in [-0.25, -0.2) is 5.43 Å². The van der Waals surface area contributed by atoms with Gasteiger partial charge in [-0.05, 0) is 28.7 Å². The third kappa shape index (κ3) is 5.84. The third-order valence-corrected chi connectivity index (χ3v) is 3.52. The van der Waals surface area contributed by atoms with Crippen LogP contribution in [0.3, 0.4) is 0 Å². The van der Waals surface area contributed by atoms with Crippen LogP contribution in [0.2, 0.25) is 0 Å². The number of hydrogen-bond acceptors (Lipinski definition) is 4. The van der Waals surface area contributed by atoms with Crippen molar-refractivity contribution < 1.29 is 9.59 Å². The van der Waals surface area contributed by atoms with Gasteiger partial charge < -0.3 is 5.32 Å². The zero-order valence-electron chi connectivity index (χ0n) is 14.6. The normalized spacial score (nSPS) is 11.3. The second-order valence-corrected chi connectivity index (χ2v) is 6.57. The summed E-state index contributed by atoms with van der Waals surface area (Å²) in [5.74, 6) is -1.58. The van der Waals surface area contributed by atoms with E-state index in [2.05, 4.69) is 41.6 Å². The summed E-state index contributed by atoms with van der Waals surface area (Å²) in [6.45, 7) is 6.60. The Morgan fingerprint density at radius 2 is 1.80 bits per heavy atom. The summed E-state index contributed by atoms with van der Waals surface area (Å²) in [5.41, 5.74) is 5.01. The second kappa shape index (κ2) is 8.19. The molecule has 1 aromatic carbocycles. The lowest BCUT2D eigenvalue weighted by Gasteiger charge is -2.18. The van der Waals surface area contributed by atoms with Crippen LogP contribution in [0.5, 0.6) is 0 Å². The predicted molar refractivity (Wildman–Crippen MR) is 97.0 cm³/mol. The number of rotatable bonds is 4. The zero-order chi connectivity index (χ0) is 18.3. The minimum absolute atomic E-state index is 0.0790. The molecule has 0 radical (unpaired) electrons. The molecule has 2 aromatic rings. The fourth-order valence-corrected chi connectivity index (χ4v) is 2.04. The molecule has 0 aliphatic heterocycles. The summed E-state index contributed by atoms with van der Waals surface area (Å²) in [4.78, 5) is 27.4. The van der Waals surface area contributed by atoms with Crippen molar-refractivity contribution in [1.29, 1.82) is 0 Å². The molecule has 0 aliphatic rings. The minimum atomic E-state index is -0.821. The average Bonchev–Trinajstić information content (AvgIpc) is 2.60. The van der Waals surface area contributed by atoms with E-state index in [9.17, 15) is 9.59 Å². The Kier molecular flexibility index (Phi) is 6.00. The molecular formula is C19H22N4O2. The predicted octanol–water partition coefficient (Wildman–Crippen LogP) is 2.15. The van der Waals surface area contributed by atoms with Crippen molar-refractivity contribution in [3.8, 4) is 0 Å². The molecule has 0 atom stereocenters. The van der Waals surface area contributed by atoms with Crippen molar-refractivity contribution >= 4 is 18.0 Å². The van der Waals surface area contributed by atoms with Gasteiger partial charge in [-0.15, -0.1) is 0 Å². The lowest BCUT2D eigenvalue weighted by Crippen LogP contribution is -2.37. The Balaban J connectivity index is 1.82. The lowest BCUT2D eigenvalue weighted by molar-refractivity contribution is -0.139. The zero-order valence-corrected chi connectivity index (χ0v) is 14.6. The van der Waals surface area contributed by atoms with E-state index in [1.807, 2.05) is 30.3 Å². The molecule has 0 saturated carbocycles. The molecule has 2 amide bonds. The molecule has 0 fully saturated rings. The Hall–Kier alpha value is -3.02. The Morgan fingerprint density at radius 1 is 1.08 bits per heavy atom. The van der Waals surface area contributed by atoms with Crippen molar-refractivity contribution in [2.45, 2.75) is 32.7 Å². The van der Waals surface area contributed by atoms with Crippen molar-refractivity contribution in [3.05, 3.63) is 65.5 Å². The first-order chi connectivity index (χ1) is 11.9. The smallest absolute Gasteiger partial charge is 0.329 e. The topological polar surface area (TPSA) is 83.5 Å². The summed E-state index contributed by atoms with van der Waals surface area (Å²) < 4.78 is 0. The number of aromatic nitrogens is 1. The van der Waals surface area contributed by atoms with Crippen molar-refractivity contribution in [3.63, 3.8) is 0 Å². The number of nitrogens with one attached hydrogen (secondary N) is 2. The Morgan fingerprint density at radius 3 is 2.40 bits per heavy atom. The number of benzene rings is 1. The number of pyridine rings is 1. The standard InChI is InChI=1S/C19H22N4O2/c1-19(2,3)15-9-7-14(8-10-15)12-22-23-18(25)17(24)21-13-16-6-4-5-11-20-16/h4-12H,13H2,1-3H3,(H,21,24)(H,23,25)/b22-12-. The number of amides is 2. The number of nitrogens with zero attached hydrogens (tertiary/aromatic N) is 2. The largest absolute Gasteiger partial charge is 0.342 e. The molecule has 0 aliphatic carbocycles. The number of carbonyl (C=O) groups excluding carboxylic acids is 2. The SMILES string of the molecule is CC(C)(C)c1ccc(/C=N\NC(=O)C(=O)NCc2ccccn2)cc1. The highest BCUT2D eigenvalue weighted by molar-refractivity contribution is 6.35. The van der Waals surface area contributed by atoms with Gasteiger partial charge in [0.1, 0.15) is 0 Å². The second-order valence-electron chi connectivity index (χ2n) is 6.57. The van der Waals surface area contributed by atoms with Crippen LogP contribution in [0, 0.1) is 0 Å². The van der Waals surface area contributed by atoms with E-state index in [0.717, 1.165) is 5.56 Å². The van der Waals surface area contributed by atoms with Crippen LogP contribution in [-0.4, -0.2) is 23.0 Å². The van der Waals surface area contributed by atoms with E-state index in [4.69, 9.17) is 0 Å². The van der Waals surface area contributed by atoms with Crippen molar-refractivity contribution in [2.24, 2.45) is 5.10 Å². The van der Waals surface area contributed by atoms with Gasteiger partial charge in [-0.1, -0.05) is 51.1 Å². The van der Waals surface area contributed by atoms with E-state index < -0.39 is 11.8 Å². The van der Waals surface area contributed by atoms with Gasteiger partial charge >= 0.3 is 11.8 Å². The van der Waals surface area contributed by atoms with Gasteiger partial charge in [0.2, 0.25) is 0 Å². The van der Waals surface area contributed by atoms with Crippen LogP contribution < -0.4 is 10.7 Å². The van der Waals surface area contributed by atoms with Gasteiger partial charge in [0.15, 0.2) is 0 Å². The summed E-state index contributed by atoms with van der Waals surface area (Å²) >= 11 is 0. The van der Waals surface area contributed by atoms with Crippen LogP contribution in [0.15, 0.2) is 53.8 Å². The summed E-state index contributed by atoms with van der Waals surface area (Å²) in [5, 5.41) is 6.29. The number of carbonyl (C=O) groups is 2. The van der Waals surface area contributed by atoms with Gasteiger partial charge in [-0.3, -0.25) is 14.6 Å². The maximum Gasteiger partial charge on any atom is 0.329 e. The van der Waals surface area contributed by atoms with E-state index in [-0.39, 0.29) is 12.0 Å². The highest BCUT2D eigenvalue weighted by Gasteiger charge is 2.13. The van der Waals surface area contributed by atoms with Crippen LogP contribution in [-0.2, 0) is 21.5 Å². The molecule has 1 aromatic heterocycles. The van der Waals surface area contributed by atoms with Gasteiger partial charge in [0.25, 0.3) is 0 Å². The monoisotopic (exact) mass is 338 g/mol. The van der Waals surface area contributed by atoms with E-state index in [0.29, 0.717) is 5.69 Å². The van der Waals surface area contributed by atoms with E-state index in [1.54, 1.807) is 18.3 Å². The summed E-state index contributed by atoms with van der Waals surface area (Å²) in [7, 11) is 0. The first-order valence-electron chi connectivity index (χ1n) is 7.98. The molecule has 0 saturated heterocycles. The molecule has 1 heterocycles. The maximum atomic E-state index is 11.7. The average molecular weight is 338 g/mol.